The summed E-state index contributed by atoms with van der Waals surface area (Å²) in [5, 5.41) is 13.9. The molecule has 45 heavy (non-hydrogen) atoms. The van der Waals surface area contributed by atoms with Gasteiger partial charge in [-0.25, -0.2) is 23.9 Å². The molecular formula is C30H37FN8O4S2. The van der Waals surface area contributed by atoms with Crippen molar-refractivity contribution in [1.29, 1.82) is 0 Å². The van der Waals surface area contributed by atoms with Crippen LogP contribution in [0.15, 0.2) is 21.6 Å². The quantitative estimate of drug-likeness (QED) is 0.231. The van der Waals surface area contributed by atoms with Gasteiger partial charge in [0.05, 0.1) is 16.6 Å². The summed E-state index contributed by atoms with van der Waals surface area (Å²) in [6.45, 7) is 13.4. The minimum absolute atomic E-state index is 0.0221. The zero-order valence-electron chi connectivity index (χ0n) is 26.5. The Morgan fingerprint density at radius 1 is 1.11 bits per heavy atom. The zero-order chi connectivity index (χ0) is 32.4. The van der Waals surface area contributed by atoms with E-state index in [9.17, 15) is 9.59 Å². The van der Waals surface area contributed by atoms with E-state index in [0.29, 0.717) is 49.5 Å². The molecule has 1 aromatic carbocycles. The number of alkyl carbamates (subject to hydrolysis) is 1. The number of H-pyrrole nitrogens is 1. The molecule has 6 rings (SSSR count). The Morgan fingerprint density at radius 2 is 1.84 bits per heavy atom. The molecule has 12 nitrogen and oxygen atoms in total. The number of anilines is 2. The average Bonchev–Trinajstić information content (AvgIpc) is 3.68. The molecule has 2 N–H and O–H groups in total. The van der Waals surface area contributed by atoms with E-state index in [2.05, 4.69) is 25.4 Å². The number of nitrogens with one attached hydrogen (secondary N) is 2. The normalized spacial score (nSPS) is 19.8. The van der Waals surface area contributed by atoms with Gasteiger partial charge in [-0.05, 0) is 91.1 Å². The molecule has 4 heterocycles. The topological polar surface area (TPSA) is 138 Å². The van der Waals surface area contributed by atoms with Crippen LogP contribution in [0.3, 0.4) is 0 Å². The highest BCUT2D eigenvalue weighted by atomic mass is 32.2. The maximum atomic E-state index is 15.3. The molecule has 0 unspecified atom stereocenters. The molecule has 2 fully saturated rings. The molecule has 1 saturated carbocycles. The first kappa shape index (κ1) is 31.3. The number of rotatable bonds is 5. The molecule has 0 radical (unpaired) electrons. The molecule has 1 saturated heterocycles. The van der Waals surface area contributed by atoms with Crippen LogP contribution in [0.2, 0.25) is 0 Å². The molecule has 2 aliphatic rings. The van der Waals surface area contributed by atoms with Crippen molar-refractivity contribution in [1.82, 2.24) is 30.5 Å². The number of hydrogen-bond donors (Lipinski definition) is 2. The lowest BCUT2D eigenvalue weighted by molar-refractivity contribution is 0.0490. The van der Waals surface area contributed by atoms with Gasteiger partial charge in [-0.1, -0.05) is 11.3 Å². The Labute approximate surface area is 268 Å². The Morgan fingerprint density at radius 3 is 2.47 bits per heavy atom. The molecule has 1 aliphatic heterocycles. The first-order valence-electron chi connectivity index (χ1n) is 14.8. The number of carbonyl (C=O) groups excluding carboxylic acids is 2. The molecule has 2 amide bonds. The lowest BCUT2D eigenvalue weighted by Crippen LogP contribution is -2.47. The van der Waals surface area contributed by atoms with E-state index < -0.39 is 29.2 Å². The van der Waals surface area contributed by atoms with Gasteiger partial charge in [-0.2, -0.15) is 0 Å². The summed E-state index contributed by atoms with van der Waals surface area (Å²) in [5.41, 5.74) is 0.0622. The monoisotopic (exact) mass is 656 g/mol. The third-order valence-electron chi connectivity index (χ3n) is 7.70. The summed E-state index contributed by atoms with van der Waals surface area (Å²) in [4.78, 5) is 42.2. The van der Waals surface area contributed by atoms with Gasteiger partial charge in [-0.3, -0.25) is 4.90 Å². The fourth-order valence-corrected chi connectivity index (χ4v) is 7.67. The van der Waals surface area contributed by atoms with Crippen LogP contribution >= 0.6 is 23.1 Å². The van der Waals surface area contributed by atoms with Crippen LogP contribution in [0.5, 0.6) is 0 Å². The molecule has 240 valence electrons. The summed E-state index contributed by atoms with van der Waals surface area (Å²) >= 11 is 2.76. The van der Waals surface area contributed by atoms with Gasteiger partial charge >= 0.3 is 12.2 Å². The van der Waals surface area contributed by atoms with Gasteiger partial charge in [0.2, 0.25) is 0 Å². The maximum Gasteiger partial charge on any atom is 0.414 e. The first-order chi connectivity index (χ1) is 21.0. The third kappa shape index (κ3) is 6.50. The van der Waals surface area contributed by atoms with Gasteiger partial charge in [0, 0.05) is 31.1 Å². The van der Waals surface area contributed by atoms with Crippen molar-refractivity contribution < 1.29 is 23.5 Å². The van der Waals surface area contributed by atoms with Gasteiger partial charge < -0.3 is 24.7 Å². The van der Waals surface area contributed by atoms with E-state index in [-0.39, 0.29) is 18.0 Å². The minimum atomic E-state index is -0.725. The number of nitrogens with zero attached hydrogens (tertiary/aromatic N) is 6. The van der Waals surface area contributed by atoms with E-state index in [1.54, 1.807) is 27.8 Å². The summed E-state index contributed by atoms with van der Waals surface area (Å²) < 4.78 is 27.0. The Hall–Kier alpha value is -3.72. The molecule has 15 heteroatoms. The molecule has 4 aromatic rings. The summed E-state index contributed by atoms with van der Waals surface area (Å²) in [6.07, 6.45) is 0.558. The fourth-order valence-electron chi connectivity index (χ4n) is 6.00. The summed E-state index contributed by atoms with van der Waals surface area (Å²) in [7, 11) is 1.55. The third-order valence-corrected chi connectivity index (χ3v) is 9.45. The van der Waals surface area contributed by atoms with Crippen LogP contribution in [0.4, 0.5) is 25.5 Å². The van der Waals surface area contributed by atoms with Crippen molar-refractivity contribution in [3.63, 3.8) is 0 Å². The van der Waals surface area contributed by atoms with Crippen molar-refractivity contribution in [2.45, 2.75) is 94.1 Å². The number of aryl methyl sites for hydroxylation is 1. The maximum absolute atomic E-state index is 15.3. The Balaban J connectivity index is 1.41. The van der Waals surface area contributed by atoms with Crippen molar-refractivity contribution in [3.8, 4) is 0 Å². The van der Waals surface area contributed by atoms with Gasteiger partial charge in [-0.15, -0.1) is 10.2 Å². The number of halogens is 1. The summed E-state index contributed by atoms with van der Waals surface area (Å²) in [6, 6.07) is 2.82. The molecule has 0 spiro atoms. The predicted octanol–water partition coefficient (Wildman–Crippen LogP) is 6.42. The standard InChI is InChI=1S/C30H37FN8O4S2/c1-14-36-37-27(44-14)45-25-34-23-21(18-10-16(31)11-20(22(18)33-23)38(8)28(41)43-30(5,6)7)24(35-25)39-13-15-9-17(39)12-19(15)32-26(40)42-29(2,3)4/h10-11,15,17,19H,9,12-13H2,1-8H3,(H,32,40)(H,33,34,35)/t15-,17-,19-/m1/s1. The molecule has 2 bridgehead atoms. The lowest BCUT2D eigenvalue weighted by Gasteiger charge is -2.33. The highest BCUT2D eigenvalue weighted by molar-refractivity contribution is 8.00. The van der Waals surface area contributed by atoms with Gasteiger partial charge in [0.1, 0.15) is 33.5 Å². The SMILES string of the molecule is Cc1nnc(Sc2nc(N3C[C@H]4C[C@@H]3C[C@H]4NC(=O)OC(C)(C)C)c3c(n2)[nH]c2c(N(C)C(=O)OC(C)(C)C)cc(F)cc23)s1. The number of aromatic amines is 1. The van der Waals surface area contributed by atoms with E-state index >= 15 is 4.39 Å². The second-order valence-corrected chi connectivity index (χ2v) is 15.9. The largest absolute Gasteiger partial charge is 0.444 e. The van der Waals surface area contributed by atoms with Crippen LogP contribution in [0, 0.1) is 18.7 Å². The van der Waals surface area contributed by atoms with Crippen molar-refractivity contribution in [3.05, 3.63) is 23.0 Å². The number of aromatic nitrogens is 5. The van der Waals surface area contributed by atoms with Crippen LogP contribution < -0.4 is 15.1 Å². The average molecular weight is 657 g/mol. The number of carbonyl (C=O) groups is 2. The number of amides is 2. The number of benzene rings is 1. The fraction of sp³-hybridized carbons (Fsp3) is 0.533. The van der Waals surface area contributed by atoms with Crippen LogP contribution in [-0.2, 0) is 9.47 Å². The lowest BCUT2D eigenvalue weighted by atomic mass is 10.0. The van der Waals surface area contributed by atoms with E-state index in [1.165, 1.54) is 40.1 Å². The number of fused-ring (bicyclic) bond motifs is 5. The second-order valence-electron chi connectivity index (χ2n) is 13.5. The zero-order valence-corrected chi connectivity index (χ0v) is 28.2. The predicted molar refractivity (Wildman–Crippen MR) is 172 cm³/mol. The van der Waals surface area contributed by atoms with E-state index in [4.69, 9.17) is 19.4 Å². The molecule has 1 aliphatic carbocycles. The highest BCUT2D eigenvalue weighted by Crippen LogP contribution is 2.45. The van der Waals surface area contributed by atoms with Crippen LogP contribution in [0.25, 0.3) is 21.9 Å². The van der Waals surface area contributed by atoms with Gasteiger partial charge in [0.25, 0.3) is 0 Å². The first-order valence-corrected chi connectivity index (χ1v) is 16.4. The Kier molecular flexibility index (Phi) is 7.83. The number of ether oxygens (including phenoxy) is 2. The molecule has 3 atom stereocenters. The highest BCUT2D eigenvalue weighted by Gasteiger charge is 2.47. The van der Waals surface area contributed by atoms with E-state index in [1.807, 2.05) is 27.7 Å². The van der Waals surface area contributed by atoms with Crippen molar-refractivity contribution >= 4 is 68.7 Å². The van der Waals surface area contributed by atoms with Crippen LogP contribution in [0.1, 0.15) is 59.4 Å². The second kappa shape index (κ2) is 11.3. The summed E-state index contributed by atoms with van der Waals surface area (Å²) in [5.74, 6) is 0.340. The molecular weight excluding hydrogens is 620 g/mol. The van der Waals surface area contributed by atoms with Crippen LogP contribution in [-0.4, -0.2) is 74.2 Å². The number of piperidine rings is 1. The smallest absolute Gasteiger partial charge is 0.414 e. The minimum Gasteiger partial charge on any atom is -0.444 e. The van der Waals surface area contributed by atoms with Gasteiger partial charge in [0.15, 0.2) is 9.50 Å². The van der Waals surface area contributed by atoms with Crippen molar-refractivity contribution in [2.75, 3.05) is 23.4 Å². The number of hydrogen-bond acceptors (Lipinski definition) is 11. The molecule has 3 aromatic heterocycles. The van der Waals surface area contributed by atoms with Crippen molar-refractivity contribution in [2.24, 2.45) is 5.92 Å². The Bertz CT molecular complexity index is 1800. The van der Waals surface area contributed by atoms with E-state index in [0.717, 1.165) is 17.8 Å².